The van der Waals surface area contributed by atoms with Crippen molar-refractivity contribution >= 4 is 16.8 Å². The Bertz CT molecular complexity index is 689. The van der Waals surface area contributed by atoms with Gasteiger partial charge in [0.2, 0.25) is 0 Å². The number of rotatable bonds is 2. The molecule has 2 aromatic rings. The summed E-state index contributed by atoms with van der Waals surface area (Å²) in [6, 6.07) is 6.23. The molecule has 3 rings (SSSR count). The molecular formula is C17H20N2O. The number of carbonyl (C=O) groups excluding carboxylic acids is 1. The van der Waals surface area contributed by atoms with E-state index in [0.29, 0.717) is 0 Å². The second kappa shape index (κ2) is 4.89. The van der Waals surface area contributed by atoms with E-state index in [2.05, 4.69) is 18.3 Å². The number of nitrogens with zero attached hydrogens (tertiary/aromatic N) is 1. The first-order valence-electron chi connectivity index (χ1n) is 7.30. The molecule has 1 aliphatic rings. The van der Waals surface area contributed by atoms with Crippen LogP contribution in [0, 0.1) is 6.92 Å². The molecule has 0 saturated heterocycles. The predicted octanol–water partition coefficient (Wildman–Crippen LogP) is 3.17. The predicted molar refractivity (Wildman–Crippen MR) is 81.1 cm³/mol. The van der Waals surface area contributed by atoms with Gasteiger partial charge in [0, 0.05) is 17.1 Å². The highest BCUT2D eigenvalue weighted by atomic mass is 16.1. The number of amides is 1. The highest BCUT2D eigenvalue weighted by Gasteiger charge is 2.24. The Hall–Kier alpha value is -1.90. The molecule has 0 bridgehead atoms. The summed E-state index contributed by atoms with van der Waals surface area (Å²) in [5.41, 5.74) is 5.22. The van der Waals surface area contributed by atoms with Crippen molar-refractivity contribution in [3.63, 3.8) is 0 Å². The Kier molecular flexibility index (Phi) is 3.20. The molecule has 3 heteroatoms. The number of para-hydroxylation sites is 1. The number of nitrogens with one attached hydrogen (secondary N) is 1. The van der Waals surface area contributed by atoms with Gasteiger partial charge >= 0.3 is 0 Å². The van der Waals surface area contributed by atoms with Gasteiger partial charge in [0.1, 0.15) is 0 Å². The average Bonchev–Trinajstić information content (AvgIpc) is 2.83. The maximum absolute atomic E-state index is 12.6. The fourth-order valence-electron chi connectivity index (χ4n) is 3.02. The Labute approximate surface area is 119 Å². The first-order chi connectivity index (χ1) is 9.58. The summed E-state index contributed by atoms with van der Waals surface area (Å²) in [7, 11) is 0. The van der Waals surface area contributed by atoms with Crippen LogP contribution in [0.15, 0.2) is 18.2 Å². The van der Waals surface area contributed by atoms with Crippen molar-refractivity contribution in [2.75, 3.05) is 0 Å². The van der Waals surface area contributed by atoms with E-state index in [1.807, 2.05) is 26.0 Å². The van der Waals surface area contributed by atoms with Crippen LogP contribution < -0.4 is 5.32 Å². The van der Waals surface area contributed by atoms with E-state index in [0.717, 1.165) is 52.5 Å². The summed E-state index contributed by atoms with van der Waals surface area (Å²) in [5, 5.41) is 4.02. The highest BCUT2D eigenvalue weighted by Crippen LogP contribution is 2.31. The lowest BCUT2D eigenvalue weighted by atomic mass is 9.98. The smallest absolute Gasteiger partial charge is 0.252 e. The van der Waals surface area contributed by atoms with Crippen molar-refractivity contribution in [1.82, 2.24) is 10.3 Å². The van der Waals surface area contributed by atoms with Crippen LogP contribution in [-0.2, 0) is 12.8 Å². The molecule has 0 atom stereocenters. The van der Waals surface area contributed by atoms with Gasteiger partial charge in [-0.3, -0.25) is 9.78 Å². The minimum absolute atomic E-state index is 0.0381. The Morgan fingerprint density at radius 3 is 2.85 bits per heavy atom. The number of fused-ring (bicyclic) bond motifs is 2. The summed E-state index contributed by atoms with van der Waals surface area (Å²) in [6.07, 6.45) is 3.05. The lowest BCUT2D eigenvalue weighted by Crippen LogP contribution is -2.31. The SMILES string of the molecule is Cc1cccc2c(C(=O)NC(C)C)c3c(nc12)CCC3. The average molecular weight is 268 g/mol. The number of pyridine rings is 1. The van der Waals surface area contributed by atoms with Crippen molar-refractivity contribution in [3.05, 3.63) is 40.6 Å². The normalized spacial score (nSPS) is 13.8. The van der Waals surface area contributed by atoms with Crippen LogP contribution in [0.5, 0.6) is 0 Å². The molecule has 1 N–H and O–H groups in total. The van der Waals surface area contributed by atoms with E-state index < -0.39 is 0 Å². The highest BCUT2D eigenvalue weighted by molar-refractivity contribution is 6.08. The van der Waals surface area contributed by atoms with Crippen LogP contribution in [-0.4, -0.2) is 16.9 Å². The summed E-state index contributed by atoms with van der Waals surface area (Å²) in [5.74, 6) is 0.0381. The van der Waals surface area contributed by atoms with Crippen LogP contribution >= 0.6 is 0 Å². The molecule has 3 nitrogen and oxygen atoms in total. The van der Waals surface area contributed by atoms with Gasteiger partial charge in [-0.05, 0) is 51.2 Å². The molecule has 0 fully saturated rings. The first-order valence-corrected chi connectivity index (χ1v) is 7.30. The molecule has 1 amide bonds. The van der Waals surface area contributed by atoms with Crippen molar-refractivity contribution in [3.8, 4) is 0 Å². The summed E-state index contributed by atoms with van der Waals surface area (Å²) >= 11 is 0. The van der Waals surface area contributed by atoms with Crippen LogP contribution in [0.1, 0.15) is 47.4 Å². The molecule has 0 radical (unpaired) electrons. The van der Waals surface area contributed by atoms with E-state index in [1.165, 1.54) is 0 Å². The minimum Gasteiger partial charge on any atom is -0.350 e. The standard InChI is InChI=1S/C17H20N2O/c1-10(2)18-17(20)15-12-7-5-9-14(12)19-16-11(3)6-4-8-13(15)16/h4,6,8,10H,5,7,9H2,1-3H3,(H,18,20). The maximum atomic E-state index is 12.6. The Morgan fingerprint density at radius 1 is 1.30 bits per heavy atom. The molecule has 0 saturated carbocycles. The third kappa shape index (κ3) is 2.07. The minimum atomic E-state index is 0.0381. The van der Waals surface area contributed by atoms with Crippen LogP contribution in [0.2, 0.25) is 0 Å². The molecule has 1 aromatic carbocycles. The van der Waals surface area contributed by atoms with Crippen molar-refractivity contribution < 1.29 is 4.79 Å². The number of aromatic nitrogens is 1. The van der Waals surface area contributed by atoms with E-state index in [-0.39, 0.29) is 11.9 Å². The monoisotopic (exact) mass is 268 g/mol. The number of benzene rings is 1. The van der Waals surface area contributed by atoms with Gasteiger partial charge in [0.25, 0.3) is 5.91 Å². The zero-order chi connectivity index (χ0) is 14.3. The number of hydrogen-bond acceptors (Lipinski definition) is 2. The first kappa shape index (κ1) is 13.1. The van der Waals surface area contributed by atoms with Crippen LogP contribution in [0.3, 0.4) is 0 Å². The summed E-state index contributed by atoms with van der Waals surface area (Å²) in [4.78, 5) is 17.4. The molecule has 0 aliphatic heterocycles. The molecule has 1 aliphatic carbocycles. The quantitative estimate of drug-likeness (QED) is 0.909. The van der Waals surface area contributed by atoms with Crippen molar-refractivity contribution in [2.45, 2.75) is 46.1 Å². The number of hydrogen-bond donors (Lipinski definition) is 1. The van der Waals surface area contributed by atoms with Gasteiger partial charge in [-0.1, -0.05) is 18.2 Å². The van der Waals surface area contributed by atoms with Gasteiger partial charge in [-0.15, -0.1) is 0 Å². The van der Waals surface area contributed by atoms with Crippen LogP contribution in [0.25, 0.3) is 10.9 Å². The lowest BCUT2D eigenvalue weighted by molar-refractivity contribution is 0.0944. The van der Waals surface area contributed by atoms with E-state index in [9.17, 15) is 4.79 Å². The van der Waals surface area contributed by atoms with Crippen molar-refractivity contribution in [1.29, 1.82) is 0 Å². The zero-order valence-corrected chi connectivity index (χ0v) is 12.3. The van der Waals surface area contributed by atoms with E-state index >= 15 is 0 Å². The molecule has 1 aromatic heterocycles. The third-order valence-corrected chi connectivity index (χ3v) is 3.89. The number of carbonyl (C=O) groups is 1. The Balaban J connectivity index is 2.28. The second-order valence-corrected chi connectivity index (χ2v) is 5.86. The van der Waals surface area contributed by atoms with Crippen molar-refractivity contribution in [2.24, 2.45) is 0 Å². The van der Waals surface area contributed by atoms with Gasteiger partial charge in [0.05, 0.1) is 11.1 Å². The molecular weight excluding hydrogens is 248 g/mol. The molecule has 0 spiro atoms. The Morgan fingerprint density at radius 2 is 2.10 bits per heavy atom. The maximum Gasteiger partial charge on any atom is 0.252 e. The van der Waals surface area contributed by atoms with Gasteiger partial charge in [-0.25, -0.2) is 0 Å². The second-order valence-electron chi connectivity index (χ2n) is 5.86. The summed E-state index contributed by atoms with van der Waals surface area (Å²) in [6.45, 7) is 6.04. The fourth-order valence-corrected chi connectivity index (χ4v) is 3.02. The van der Waals surface area contributed by atoms with Gasteiger partial charge < -0.3 is 5.32 Å². The third-order valence-electron chi connectivity index (χ3n) is 3.89. The zero-order valence-electron chi connectivity index (χ0n) is 12.3. The number of aryl methyl sites for hydroxylation is 2. The largest absolute Gasteiger partial charge is 0.350 e. The molecule has 104 valence electrons. The van der Waals surface area contributed by atoms with E-state index in [4.69, 9.17) is 4.98 Å². The molecule has 0 unspecified atom stereocenters. The molecule has 20 heavy (non-hydrogen) atoms. The topological polar surface area (TPSA) is 42.0 Å². The van der Waals surface area contributed by atoms with Gasteiger partial charge in [-0.2, -0.15) is 0 Å². The van der Waals surface area contributed by atoms with E-state index in [1.54, 1.807) is 0 Å². The molecule has 1 heterocycles. The summed E-state index contributed by atoms with van der Waals surface area (Å²) < 4.78 is 0. The fraction of sp³-hybridized carbons (Fsp3) is 0.412. The van der Waals surface area contributed by atoms with Gasteiger partial charge in [0.15, 0.2) is 0 Å². The lowest BCUT2D eigenvalue weighted by Gasteiger charge is -2.15. The van der Waals surface area contributed by atoms with Crippen LogP contribution in [0.4, 0.5) is 0 Å².